The van der Waals surface area contributed by atoms with Crippen molar-refractivity contribution in [2.75, 3.05) is 18.5 Å². The van der Waals surface area contributed by atoms with E-state index < -0.39 is 31.1 Å². The maximum atomic E-state index is 12.3. The van der Waals surface area contributed by atoms with Gasteiger partial charge in [-0.3, -0.25) is 9.36 Å². The zero-order valence-corrected chi connectivity index (χ0v) is 14.6. The van der Waals surface area contributed by atoms with Crippen LogP contribution in [0.2, 0.25) is 0 Å². The summed E-state index contributed by atoms with van der Waals surface area (Å²) in [6.07, 6.45) is -4.49. The fourth-order valence-electron chi connectivity index (χ4n) is 2.40. The minimum Gasteiger partial charge on any atom is -0.480 e. The summed E-state index contributed by atoms with van der Waals surface area (Å²) in [6, 6.07) is 10.4. The number of aromatic nitrogens is 1. The second-order valence-corrected chi connectivity index (χ2v) is 5.80. The summed E-state index contributed by atoms with van der Waals surface area (Å²) in [5.74, 6) is -1.20. The van der Waals surface area contributed by atoms with Crippen LogP contribution in [-0.2, 0) is 11.8 Å². The predicted octanol–water partition coefficient (Wildman–Crippen LogP) is 3.09. The number of nitrogens with one attached hydrogen (secondary N) is 1. The molecule has 1 N–H and O–H groups in total. The molecular formula is C18H15F3N2O5. The molecule has 3 rings (SSSR count). The third-order valence-corrected chi connectivity index (χ3v) is 3.68. The molecule has 0 aliphatic heterocycles. The Bertz CT molecular complexity index is 1060. The number of para-hydroxylation sites is 2. The quantitative estimate of drug-likeness (QED) is 0.693. The Balaban J connectivity index is 1.62. The maximum Gasteiger partial charge on any atom is 0.422 e. The molecule has 0 spiro atoms. The van der Waals surface area contributed by atoms with Crippen molar-refractivity contribution in [2.24, 2.45) is 7.05 Å². The standard InChI is InChI=1S/C18H15F3N2O5/c1-23-12-7-6-11(8-15(12)28-17(23)25)22-16(24)9-26-13-4-2-3-5-14(13)27-10-18(19,20)21/h2-8H,9-10H2,1H3,(H,22,24). The monoisotopic (exact) mass is 396 g/mol. The van der Waals surface area contributed by atoms with E-state index in [0.29, 0.717) is 16.8 Å². The largest absolute Gasteiger partial charge is 0.480 e. The number of anilines is 1. The number of fused-ring (bicyclic) bond motifs is 1. The number of hydrogen-bond acceptors (Lipinski definition) is 5. The molecule has 148 valence electrons. The molecule has 0 aliphatic rings. The fourth-order valence-corrected chi connectivity index (χ4v) is 2.40. The highest BCUT2D eigenvalue weighted by atomic mass is 19.4. The normalized spacial score (nSPS) is 11.4. The molecule has 0 radical (unpaired) electrons. The minimum atomic E-state index is -4.49. The van der Waals surface area contributed by atoms with Gasteiger partial charge in [-0.15, -0.1) is 0 Å². The Morgan fingerprint density at radius 3 is 2.50 bits per heavy atom. The van der Waals surface area contributed by atoms with Crippen LogP contribution < -0.4 is 20.5 Å². The van der Waals surface area contributed by atoms with E-state index in [2.05, 4.69) is 10.1 Å². The highest BCUT2D eigenvalue weighted by Crippen LogP contribution is 2.28. The van der Waals surface area contributed by atoms with Crippen molar-refractivity contribution < 1.29 is 31.9 Å². The van der Waals surface area contributed by atoms with Gasteiger partial charge in [-0.05, 0) is 24.3 Å². The first-order valence-corrected chi connectivity index (χ1v) is 8.04. The topological polar surface area (TPSA) is 82.7 Å². The average Bonchev–Trinajstić information content (AvgIpc) is 2.92. The van der Waals surface area contributed by atoms with E-state index in [-0.39, 0.29) is 11.5 Å². The number of benzene rings is 2. The number of amides is 1. The van der Waals surface area contributed by atoms with Crippen molar-refractivity contribution in [1.29, 1.82) is 0 Å². The Labute approximate surface area is 156 Å². The van der Waals surface area contributed by atoms with Crippen LogP contribution in [0.4, 0.5) is 18.9 Å². The summed E-state index contributed by atoms with van der Waals surface area (Å²) in [5.41, 5.74) is 1.24. The van der Waals surface area contributed by atoms with Crippen molar-refractivity contribution in [2.45, 2.75) is 6.18 Å². The molecule has 2 aromatic carbocycles. The van der Waals surface area contributed by atoms with Gasteiger partial charge in [-0.1, -0.05) is 12.1 Å². The first kappa shape index (κ1) is 19.3. The van der Waals surface area contributed by atoms with E-state index in [9.17, 15) is 22.8 Å². The van der Waals surface area contributed by atoms with Crippen molar-refractivity contribution in [3.8, 4) is 11.5 Å². The van der Waals surface area contributed by atoms with Gasteiger partial charge in [-0.2, -0.15) is 13.2 Å². The molecule has 7 nitrogen and oxygen atoms in total. The number of carbonyl (C=O) groups excluding carboxylic acids is 1. The third kappa shape index (κ3) is 4.64. The first-order valence-electron chi connectivity index (χ1n) is 8.04. The van der Waals surface area contributed by atoms with Gasteiger partial charge < -0.3 is 19.2 Å². The van der Waals surface area contributed by atoms with E-state index >= 15 is 0 Å². The highest BCUT2D eigenvalue weighted by molar-refractivity contribution is 5.93. The number of nitrogens with zero attached hydrogens (tertiary/aromatic N) is 1. The van der Waals surface area contributed by atoms with Crippen LogP contribution >= 0.6 is 0 Å². The maximum absolute atomic E-state index is 12.3. The highest BCUT2D eigenvalue weighted by Gasteiger charge is 2.29. The van der Waals surface area contributed by atoms with Crippen molar-refractivity contribution in [1.82, 2.24) is 4.57 Å². The van der Waals surface area contributed by atoms with E-state index in [0.717, 1.165) is 0 Å². The molecule has 1 heterocycles. The molecule has 3 aromatic rings. The molecular weight excluding hydrogens is 381 g/mol. The molecule has 1 aromatic heterocycles. The van der Waals surface area contributed by atoms with Crippen molar-refractivity contribution in [3.63, 3.8) is 0 Å². The molecule has 0 unspecified atom stereocenters. The van der Waals surface area contributed by atoms with Gasteiger partial charge in [0.15, 0.2) is 30.3 Å². The van der Waals surface area contributed by atoms with Crippen molar-refractivity contribution in [3.05, 3.63) is 53.0 Å². The molecule has 0 bridgehead atoms. The lowest BCUT2D eigenvalue weighted by atomic mass is 10.3. The van der Waals surface area contributed by atoms with Crippen molar-refractivity contribution >= 4 is 22.7 Å². The molecule has 1 amide bonds. The number of ether oxygens (including phenoxy) is 2. The van der Waals surface area contributed by atoms with Gasteiger partial charge in [0.25, 0.3) is 5.91 Å². The summed E-state index contributed by atoms with van der Waals surface area (Å²) in [5, 5.41) is 2.55. The molecule has 0 atom stereocenters. The molecule has 0 saturated heterocycles. The van der Waals surface area contributed by atoms with Gasteiger partial charge in [-0.25, -0.2) is 4.79 Å². The van der Waals surface area contributed by atoms with Crippen LogP contribution in [-0.4, -0.2) is 29.9 Å². The van der Waals surface area contributed by atoms with Crippen LogP contribution in [0.5, 0.6) is 11.5 Å². The Morgan fingerprint density at radius 1 is 1.14 bits per heavy atom. The Kier molecular flexibility index (Phi) is 5.30. The van der Waals surface area contributed by atoms with E-state index in [1.807, 2.05) is 0 Å². The van der Waals surface area contributed by atoms with Gasteiger partial charge in [0.1, 0.15) is 0 Å². The lowest BCUT2D eigenvalue weighted by molar-refractivity contribution is -0.153. The van der Waals surface area contributed by atoms with E-state index in [1.165, 1.54) is 28.8 Å². The lowest BCUT2D eigenvalue weighted by Crippen LogP contribution is -2.21. The second kappa shape index (κ2) is 7.67. The van der Waals surface area contributed by atoms with Crippen LogP contribution in [0, 0.1) is 0 Å². The zero-order valence-electron chi connectivity index (χ0n) is 14.6. The number of alkyl halides is 3. The van der Waals surface area contributed by atoms with Gasteiger partial charge >= 0.3 is 11.9 Å². The fraction of sp³-hybridized carbons (Fsp3) is 0.222. The van der Waals surface area contributed by atoms with Crippen LogP contribution in [0.3, 0.4) is 0 Å². The molecule has 0 fully saturated rings. The van der Waals surface area contributed by atoms with Gasteiger partial charge in [0.2, 0.25) is 0 Å². The Hall–Kier alpha value is -3.43. The minimum absolute atomic E-state index is 0.00593. The Morgan fingerprint density at radius 2 is 1.82 bits per heavy atom. The van der Waals surface area contributed by atoms with E-state index in [4.69, 9.17) is 9.15 Å². The molecule has 0 saturated carbocycles. The summed E-state index contributed by atoms with van der Waals surface area (Å²) >= 11 is 0. The molecule has 0 aliphatic carbocycles. The SMILES string of the molecule is Cn1c(=O)oc2cc(NC(=O)COc3ccccc3OCC(F)(F)F)ccc21. The number of rotatable bonds is 6. The van der Waals surface area contributed by atoms with Crippen LogP contribution in [0.1, 0.15) is 0 Å². The third-order valence-electron chi connectivity index (χ3n) is 3.68. The zero-order chi connectivity index (χ0) is 20.3. The smallest absolute Gasteiger partial charge is 0.422 e. The van der Waals surface area contributed by atoms with Crippen LogP contribution in [0.25, 0.3) is 11.1 Å². The van der Waals surface area contributed by atoms with Crippen LogP contribution in [0.15, 0.2) is 51.7 Å². The number of carbonyl (C=O) groups is 1. The molecule has 10 heteroatoms. The van der Waals surface area contributed by atoms with Gasteiger partial charge in [0.05, 0.1) is 5.52 Å². The van der Waals surface area contributed by atoms with Gasteiger partial charge in [0, 0.05) is 18.8 Å². The molecule has 28 heavy (non-hydrogen) atoms. The average molecular weight is 396 g/mol. The summed E-state index contributed by atoms with van der Waals surface area (Å²) in [6.45, 7) is -1.93. The number of oxazole rings is 1. The van der Waals surface area contributed by atoms with E-state index in [1.54, 1.807) is 25.2 Å². The summed E-state index contributed by atoms with van der Waals surface area (Å²) in [4.78, 5) is 23.6. The summed E-state index contributed by atoms with van der Waals surface area (Å²) < 4.78 is 53.2. The number of hydrogen-bond donors (Lipinski definition) is 1. The predicted molar refractivity (Wildman–Crippen MR) is 93.6 cm³/mol. The first-order chi connectivity index (χ1) is 13.2. The second-order valence-electron chi connectivity index (χ2n) is 5.80. The lowest BCUT2D eigenvalue weighted by Gasteiger charge is -2.13. The summed E-state index contributed by atoms with van der Waals surface area (Å²) in [7, 11) is 1.55. The number of halogens is 3. The number of aryl methyl sites for hydroxylation is 1.